The van der Waals surface area contributed by atoms with E-state index in [9.17, 15) is 4.79 Å². The molecule has 0 aromatic carbocycles. The number of carbonyl (C=O) groups is 1. The highest BCUT2D eigenvalue weighted by Crippen LogP contribution is 2.21. The van der Waals surface area contributed by atoms with Crippen LogP contribution in [0.4, 0.5) is 0 Å². The van der Waals surface area contributed by atoms with E-state index in [1.54, 1.807) is 11.8 Å². The first-order valence-electron chi connectivity index (χ1n) is 7.32. The molecule has 0 aromatic rings. The van der Waals surface area contributed by atoms with Crippen LogP contribution in [0.3, 0.4) is 0 Å². The summed E-state index contributed by atoms with van der Waals surface area (Å²) in [6.45, 7) is 6.54. The lowest BCUT2D eigenvalue weighted by Gasteiger charge is -2.33. The van der Waals surface area contributed by atoms with Crippen LogP contribution >= 0.6 is 0 Å². The Kier molecular flexibility index (Phi) is 3.44. The zero-order valence-electron chi connectivity index (χ0n) is 11.6. The van der Waals surface area contributed by atoms with Gasteiger partial charge in [-0.3, -0.25) is 9.69 Å². The van der Waals surface area contributed by atoms with Crippen molar-refractivity contribution in [2.45, 2.75) is 32.6 Å². The largest absolute Gasteiger partial charge is 0.357 e. The van der Waals surface area contributed by atoms with E-state index >= 15 is 0 Å². The summed E-state index contributed by atoms with van der Waals surface area (Å²) in [6.07, 6.45) is 7.00. The molecule has 0 atom stereocenters. The second kappa shape index (κ2) is 5.23. The fourth-order valence-electron chi connectivity index (χ4n) is 3.04. The van der Waals surface area contributed by atoms with Crippen LogP contribution in [0.25, 0.3) is 0 Å². The van der Waals surface area contributed by atoms with Gasteiger partial charge >= 0.3 is 0 Å². The summed E-state index contributed by atoms with van der Waals surface area (Å²) < 4.78 is 0. The van der Waals surface area contributed by atoms with Crippen molar-refractivity contribution >= 4 is 11.9 Å². The molecule has 0 N–H and O–H groups in total. The van der Waals surface area contributed by atoms with Crippen molar-refractivity contribution in [2.24, 2.45) is 4.99 Å². The van der Waals surface area contributed by atoms with Gasteiger partial charge in [0.15, 0.2) is 0 Å². The molecule has 1 amide bonds. The Labute approximate surface area is 114 Å². The average molecular weight is 262 g/mol. The Morgan fingerprint density at radius 1 is 1.05 bits per heavy atom. The van der Waals surface area contributed by atoms with Crippen LogP contribution in [-0.4, -0.2) is 59.3 Å². The first-order chi connectivity index (χ1) is 9.25. The Bertz CT molecular complexity index is 417. The maximum absolute atomic E-state index is 11.8. The molecule has 104 valence electrons. The van der Waals surface area contributed by atoms with Gasteiger partial charge in [0, 0.05) is 33.1 Å². The molecule has 3 aliphatic heterocycles. The number of hydrogen-bond donors (Lipinski definition) is 0. The number of guanidine groups is 1. The van der Waals surface area contributed by atoms with Crippen LogP contribution in [0.1, 0.15) is 32.6 Å². The number of carbonyl (C=O) groups excluding carboxylic acids is 1. The third-order valence-corrected chi connectivity index (χ3v) is 4.11. The second-order valence-electron chi connectivity index (χ2n) is 5.49. The molecule has 5 nitrogen and oxygen atoms in total. The summed E-state index contributed by atoms with van der Waals surface area (Å²) in [5.41, 5.74) is 0. The lowest BCUT2D eigenvalue weighted by atomic mass is 10.3. The lowest BCUT2D eigenvalue weighted by Crippen LogP contribution is -2.47. The molecule has 0 radical (unpaired) electrons. The maximum Gasteiger partial charge on any atom is 0.226 e. The molecule has 5 heteroatoms. The SMILES string of the molecule is CC(=O)N1CC=C(N2CCCC2)N=C1N1CCCC1. The van der Waals surface area contributed by atoms with Crippen LogP contribution in [0.2, 0.25) is 0 Å². The van der Waals surface area contributed by atoms with Gasteiger partial charge in [0.05, 0.1) is 6.54 Å². The molecule has 3 aliphatic rings. The van der Waals surface area contributed by atoms with Gasteiger partial charge in [0.1, 0.15) is 5.82 Å². The van der Waals surface area contributed by atoms with Crippen LogP contribution < -0.4 is 0 Å². The van der Waals surface area contributed by atoms with Crippen molar-refractivity contribution in [1.29, 1.82) is 0 Å². The highest BCUT2D eigenvalue weighted by atomic mass is 16.2. The smallest absolute Gasteiger partial charge is 0.226 e. The fraction of sp³-hybridized carbons (Fsp3) is 0.714. The van der Waals surface area contributed by atoms with Gasteiger partial charge in [-0.15, -0.1) is 0 Å². The number of nitrogens with zero attached hydrogens (tertiary/aromatic N) is 4. The minimum absolute atomic E-state index is 0.0855. The molecular formula is C14H22N4O. The predicted octanol–water partition coefficient (Wildman–Crippen LogP) is 1.24. The summed E-state index contributed by atoms with van der Waals surface area (Å²) in [6, 6.07) is 0. The average Bonchev–Trinajstić information content (AvgIpc) is 3.11. The van der Waals surface area contributed by atoms with Crippen LogP contribution in [0.5, 0.6) is 0 Å². The van der Waals surface area contributed by atoms with Crippen molar-refractivity contribution < 1.29 is 4.79 Å². The first-order valence-corrected chi connectivity index (χ1v) is 7.32. The number of likely N-dealkylation sites (tertiary alicyclic amines) is 2. The standard InChI is InChI=1S/C14H22N4O/c1-12(19)18-11-6-13(16-7-2-3-8-16)15-14(18)17-9-4-5-10-17/h6H,2-5,7-11H2,1H3. The van der Waals surface area contributed by atoms with E-state index in [0.717, 1.165) is 38.0 Å². The van der Waals surface area contributed by atoms with Gasteiger partial charge in [-0.05, 0) is 31.8 Å². The maximum atomic E-state index is 11.8. The zero-order valence-corrected chi connectivity index (χ0v) is 11.6. The third-order valence-electron chi connectivity index (χ3n) is 4.11. The Balaban J connectivity index is 1.83. The lowest BCUT2D eigenvalue weighted by molar-refractivity contribution is -0.125. The van der Waals surface area contributed by atoms with E-state index in [1.807, 2.05) is 0 Å². The first kappa shape index (κ1) is 12.5. The molecule has 0 bridgehead atoms. The van der Waals surface area contributed by atoms with E-state index in [-0.39, 0.29) is 5.91 Å². The van der Waals surface area contributed by atoms with Gasteiger partial charge < -0.3 is 9.80 Å². The van der Waals surface area contributed by atoms with Crippen LogP contribution in [-0.2, 0) is 4.79 Å². The molecule has 19 heavy (non-hydrogen) atoms. The van der Waals surface area contributed by atoms with E-state index in [2.05, 4.69) is 15.9 Å². The van der Waals surface area contributed by atoms with Gasteiger partial charge in [-0.2, -0.15) is 4.99 Å². The minimum atomic E-state index is 0.0855. The summed E-state index contributed by atoms with van der Waals surface area (Å²) in [7, 11) is 0. The van der Waals surface area contributed by atoms with Crippen molar-refractivity contribution in [3.05, 3.63) is 11.9 Å². The van der Waals surface area contributed by atoms with Crippen molar-refractivity contribution in [3.63, 3.8) is 0 Å². The van der Waals surface area contributed by atoms with Crippen LogP contribution in [0.15, 0.2) is 16.9 Å². The van der Waals surface area contributed by atoms with Gasteiger partial charge in [0.2, 0.25) is 11.9 Å². The monoisotopic (exact) mass is 262 g/mol. The highest BCUT2D eigenvalue weighted by molar-refractivity contribution is 5.97. The number of hydrogen-bond acceptors (Lipinski definition) is 4. The normalized spacial score (nSPS) is 23.7. The van der Waals surface area contributed by atoms with E-state index in [4.69, 9.17) is 4.99 Å². The van der Waals surface area contributed by atoms with E-state index in [0.29, 0.717) is 6.54 Å². The van der Waals surface area contributed by atoms with Gasteiger partial charge in [-0.25, -0.2) is 0 Å². The molecule has 3 heterocycles. The molecule has 0 aliphatic carbocycles. The molecule has 0 unspecified atom stereocenters. The number of aliphatic imine (C=N–C) groups is 1. The van der Waals surface area contributed by atoms with E-state index in [1.165, 1.54) is 25.7 Å². The molecule has 2 saturated heterocycles. The van der Waals surface area contributed by atoms with E-state index < -0.39 is 0 Å². The Morgan fingerprint density at radius 3 is 2.21 bits per heavy atom. The summed E-state index contributed by atoms with van der Waals surface area (Å²) in [5.74, 6) is 2.02. The highest BCUT2D eigenvalue weighted by Gasteiger charge is 2.28. The summed E-state index contributed by atoms with van der Waals surface area (Å²) in [5, 5.41) is 0. The predicted molar refractivity (Wildman–Crippen MR) is 74.5 cm³/mol. The Hall–Kier alpha value is -1.52. The molecule has 0 saturated carbocycles. The van der Waals surface area contributed by atoms with Crippen molar-refractivity contribution in [1.82, 2.24) is 14.7 Å². The third kappa shape index (κ3) is 2.46. The van der Waals surface area contributed by atoms with Crippen LogP contribution in [0, 0.1) is 0 Å². The van der Waals surface area contributed by atoms with Crippen molar-refractivity contribution in [2.75, 3.05) is 32.7 Å². The molecule has 0 spiro atoms. The van der Waals surface area contributed by atoms with Gasteiger partial charge in [0.25, 0.3) is 0 Å². The molecule has 0 aromatic heterocycles. The topological polar surface area (TPSA) is 39.2 Å². The molecular weight excluding hydrogens is 240 g/mol. The Morgan fingerprint density at radius 2 is 1.63 bits per heavy atom. The zero-order chi connectivity index (χ0) is 13.2. The fourth-order valence-corrected chi connectivity index (χ4v) is 3.04. The minimum Gasteiger partial charge on any atom is -0.357 e. The molecule has 3 rings (SSSR count). The molecule has 2 fully saturated rings. The van der Waals surface area contributed by atoms with Crippen molar-refractivity contribution in [3.8, 4) is 0 Å². The number of amides is 1. The summed E-state index contributed by atoms with van der Waals surface area (Å²) in [4.78, 5) is 22.9. The number of rotatable bonds is 1. The second-order valence-corrected chi connectivity index (χ2v) is 5.49. The quantitative estimate of drug-likeness (QED) is 0.713. The summed E-state index contributed by atoms with van der Waals surface area (Å²) >= 11 is 0. The van der Waals surface area contributed by atoms with Gasteiger partial charge in [-0.1, -0.05) is 0 Å².